The molecule has 0 saturated carbocycles. The van der Waals surface area contributed by atoms with Gasteiger partial charge in [-0.05, 0) is 12.1 Å². The third kappa shape index (κ3) is 2.36. The smallest absolute Gasteiger partial charge is 0.259 e. The first-order chi connectivity index (χ1) is 7.55. The average Bonchev–Trinajstić information content (AvgIpc) is 2.70. The first-order valence-electron chi connectivity index (χ1n) is 4.42. The van der Waals surface area contributed by atoms with E-state index in [0.717, 1.165) is 12.3 Å². The van der Waals surface area contributed by atoms with Crippen LogP contribution in [0.15, 0.2) is 30.7 Å². The van der Waals surface area contributed by atoms with Crippen molar-refractivity contribution in [1.29, 1.82) is 0 Å². The molecule has 0 saturated heterocycles. The summed E-state index contributed by atoms with van der Waals surface area (Å²) in [4.78, 5) is 3.71. The molecule has 0 aliphatic rings. The minimum absolute atomic E-state index is 0.304. The van der Waals surface area contributed by atoms with Crippen molar-refractivity contribution in [2.45, 2.75) is 12.7 Å². The molecule has 0 spiro atoms. The van der Waals surface area contributed by atoms with E-state index in [1.807, 2.05) is 0 Å². The van der Waals surface area contributed by atoms with Crippen molar-refractivity contribution in [2.75, 3.05) is 0 Å². The SMILES string of the molecule is FC(F)(F)c1ccc(Cn2ccnn2)nc1. The lowest BCUT2D eigenvalue weighted by atomic mass is 10.2. The van der Waals surface area contributed by atoms with Gasteiger partial charge in [0, 0.05) is 12.4 Å². The fraction of sp³-hybridized carbons (Fsp3) is 0.222. The normalized spacial score (nSPS) is 11.7. The molecule has 7 heteroatoms. The highest BCUT2D eigenvalue weighted by molar-refractivity contribution is 5.16. The first kappa shape index (κ1) is 10.6. The number of halogens is 3. The second-order valence-electron chi connectivity index (χ2n) is 3.14. The first-order valence-corrected chi connectivity index (χ1v) is 4.42. The van der Waals surface area contributed by atoms with Gasteiger partial charge in [-0.25, -0.2) is 4.68 Å². The van der Waals surface area contributed by atoms with Gasteiger partial charge in [0.15, 0.2) is 0 Å². The molecule has 84 valence electrons. The van der Waals surface area contributed by atoms with Crippen molar-refractivity contribution in [1.82, 2.24) is 20.0 Å². The van der Waals surface area contributed by atoms with Gasteiger partial charge >= 0.3 is 6.18 Å². The Balaban J connectivity index is 2.14. The highest BCUT2D eigenvalue weighted by Crippen LogP contribution is 2.28. The zero-order valence-corrected chi connectivity index (χ0v) is 8.02. The van der Waals surface area contributed by atoms with E-state index < -0.39 is 11.7 Å². The maximum Gasteiger partial charge on any atom is 0.417 e. The van der Waals surface area contributed by atoms with E-state index in [1.54, 1.807) is 6.20 Å². The highest BCUT2D eigenvalue weighted by atomic mass is 19.4. The molecular formula is C9H7F3N4. The monoisotopic (exact) mass is 228 g/mol. The Hall–Kier alpha value is -1.92. The summed E-state index contributed by atoms with van der Waals surface area (Å²) in [5.74, 6) is 0. The quantitative estimate of drug-likeness (QED) is 0.786. The zero-order chi connectivity index (χ0) is 11.6. The van der Waals surface area contributed by atoms with E-state index in [4.69, 9.17) is 0 Å². The van der Waals surface area contributed by atoms with Gasteiger partial charge in [0.2, 0.25) is 0 Å². The van der Waals surface area contributed by atoms with Crippen LogP contribution in [-0.2, 0) is 12.7 Å². The van der Waals surface area contributed by atoms with E-state index in [1.165, 1.54) is 16.9 Å². The summed E-state index contributed by atoms with van der Waals surface area (Å²) >= 11 is 0. The molecule has 2 heterocycles. The molecule has 4 nitrogen and oxygen atoms in total. The minimum Gasteiger partial charge on any atom is -0.259 e. The molecule has 0 N–H and O–H groups in total. The average molecular weight is 228 g/mol. The van der Waals surface area contributed by atoms with Crippen LogP contribution < -0.4 is 0 Å². The summed E-state index contributed by atoms with van der Waals surface area (Å²) in [5, 5.41) is 7.27. The van der Waals surface area contributed by atoms with Crippen LogP contribution in [0, 0.1) is 0 Å². The Morgan fingerprint density at radius 1 is 1.25 bits per heavy atom. The van der Waals surface area contributed by atoms with Gasteiger partial charge in [0.25, 0.3) is 0 Å². The third-order valence-electron chi connectivity index (χ3n) is 1.95. The van der Waals surface area contributed by atoms with Crippen LogP contribution in [-0.4, -0.2) is 20.0 Å². The number of pyridine rings is 1. The van der Waals surface area contributed by atoms with Crippen molar-refractivity contribution >= 4 is 0 Å². The van der Waals surface area contributed by atoms with Gasteiger partial charge in [0.1, 0.15) is 0 Å². The number of hydrogen-bond donors (Lipinski definition) is 0. The molecule has 0 amide bonds. The third-order valence-corrected chi connectivity index (χ3v) is 1.95. The molecule has 16 heavy (non-hydrogen) atoms. The van der Waals surface area contributed by atoms with Gasteiger partial charge in [-0.3, -0.25) is 4.98 Å². The molecule has 2 aromatic rings. The number of alkyl halides is 3. The lowest BCUT2D eigenvalue weighted by Crippen LogP contribution is -2.07. The summed E-state index contributed by atoms with van der Waals surface area (Å²) in [7, 11) is 0. The predicted molar refractivity (Wildman–Crippen MR) is 48.4 cm³/mol. The van der Waals surface area contributed by atoms with Crippen LogP contribution in [0.5, 0.6) is 0 Å². The van der Waals surface area contributed by atoms with Crippen molar-refractivity contribution in [3.05, 3.63) is 42.0 Å². The number of rotatable bonds is 2. The van der Waals surface area contributed by atoms with E-state index in [9.17, 15) is 13.2 Å². The standard InChI is InChI=1S/C9H7F3N4/c10-9(11,12)7-1-2-8(13-5-7)6-16-4-3-14-15-16/h1-5H,6H2. The van der Waals surface area contributed by atoms with Crippen molar-refractivity contribution < 1.29 is 13.2 Å². The lowest BCUT2D eigenvalue weighted by molar-refractivity contribution is -0.137. The number of nitrogens with zero attached hydrogens (tertiary/aromatic N) is 4. The Morgan fingerprint density at radius 3 is 2.56 bits per heavy atom. The number of aromatic nitrogens is 4. The van der Waals surface area contributed by atoms with Crippen LogP contribution in [0.3, 0.4) is 0 Å². The predicted octanol–water partition coefficient (Wildman–Crippen LogP) is 1.74. The summed E-state index contributed by atoms with van der Waals surface area (Å²) in [6.07, 6.45) is -0.436. The van der Waals surface area contributed by atoms with Crippen LogP contribution in [0.25, 0.3) is 0 Å². The summed E-state index contributed by atoms with van der Waals surface area (Å²) in [6.45, 7) is 0.304. The summed E-state index contributed by atoms with van der Waals surface area (Å²) < 4.78 is 38.2. The Kier molecular flexibility index (Phi) is 2.59. The van der Waals surface area contributed by atoms with Crippen LogP contribution in [0.2, 0.25) is 0 Å². The largest absolute Gasteiger partial charge is 0.417 e. The molecule has 0 atom stereocenters. The van der Waals surface area contributed by atoms with E-state index in [2.05, 4.69) is 15.3 Å². The Bertz CT molecular complexity index is 447. The van der Waals surface area contributed by atoms with Gasteiger partial charge in [-0.2, -0.15) is 13.2 Å². The molecule has 0 fully saturated rings. The van der Waals surface area contributed by atoms with Crippen LogP contribution >= 0.6 is 0 Å². The maximum absolute atomic E-state index is 12.2. The second kappa shape index (κ2) is 3.92. The van der Waals surface area contributed by atoms with Crippen molar-refractivity contribution in [2.24, 2.45) is 0 Å². The fourth-order valence-corrected chi connectivity index (χ4v) is 1.17. The molecule has 2 aromatic heterocycles. The van der Waals surface area contributed by atoms with Crippen LogP contribution in [0.1, 0.15) is 11.3 Å². The molecular weight excluding hydrogens is 221 g/mol. The number of hydrogen-bond acceptors (Lipinski definition) is 3. The van der Waals surface area contributed by atoms with E-state index in [-0.39, 0.29) is 0 Å². The van der Waals surface area contributed by atoms with E-state index in [0.29, 0.717) is 12.2 Å². The van der Waals surface area contributed by atoms with Gasteiger partial charge in [-0.15, -0.1) is 5.10 Å². The summed E-state index contributed by atoms with van der Waals surface area (Å²) in [6, 6.07) is 2.32. The minimum atomic E-state index is -4.35. The second-order valence-corrected chi connectivity index (χ2v) is 3.14. The molecule has 0 aromatic carbocycles. The van der Waals surface area contributed by atoms with Gasteiger partial charge in [0.05, 0.1) is 24.0 Å². The molecule has 0 aliphatic heterocycles. The highest BCUT2D eigenvalue weighted by Gasteiger charge is 2.30. The van der Waals surface area contributed by atoms with E-state index >= 15 is 0 Å². The topological polar surface area (TPSA) is 43.6 Å². The van der Waals surface area contributed by atoms with Crippen LogP contribution in [0.4, 0.5) is 13.2 Å². The maximum atomic E-state index is 12.2. The molecule has 0 bridgehead atoms. The van der Waals surface area contributed by atoms with Gasteiger partial charge in [-0.1, -0.05) is 5.21 Å². The molecule has 0 aliphatic carbocycles. The Labute approximate surface area is 88.7 Å². The van der Waals surface area contributed by atoms with Crippen molar-refractivity contribution in [3.8, 4) is 0 Å². The zero-order valence-electron chi connectivity index (χ0n) is 8.02. The lowest BCUT2D eigenvalue weighted by Gasteiger charge is -2.06. The molecule has 0 radical (unpaired) electrons. The summed E-state index contributed by atoms with van der Waals surface area (Å²) in [5.41, 5.74) is -0.256. The molecule has 0 unspecified atom stereocenters. The molecule has 2 rings (SSSR count). The Morgan fingerprint density at radius 2 is 2.06 bits per heavy atom. The van der Waals surface area contributed by atoms with Gasteiger partial charge < -0.3 is 0 Å². The van der Waals surface area contributed by atoms with Crippen molar-refractivity contribution in [3.63, 3.8) is 0 Å². The fourth-order valence-electron chi connectivity index (χ4n) is 1.17.